The zero-order valence-electron chi connectivity index (χ0n) is 61.4. The maximum atomic E-state index is 13.1. The molecule has 94 heavy (non-hydrogen) atoms. The fourth-order valence-electron chi connectivity index (χ4n) is 11.4. The third kappa shape index (κ3) is 66.0. The lowest BCUT2D eigenvalue weighted by Crippen LogP contribution is -2.30. The van der Waals surface area contributed by atoms with E-state index in [9.17, 15) is 43.2 Å². The number of esters is 4. The number of phosphoric ester groups is 2. The lowest BCUT2D eigenvalue weighted by atomic mass is 9.99. The third-order valence-electron chi connectivity index (χ3n) is 18.1. The first-order valence-electron chi connectivity index (χ1n) is 38.9. The van der Waals surface area contributed by atoms with Gasteiger partial charge in [0.05, 0.1) is 26.4 Å². The van der Waals surface area contributed by atoms with E-state index in [0.29, 0.717) is 31.6 Å². The number of hydrogen-bond acceptors (Lipinski definition) is 15. The molecule has 4 unspecified atom stereocenters. The fraction of sp³-hybridized carbons (Fsp3) is 0.947. The van der Waals surface area contributed by atoms with E-state index in [0.717, 1.165) is 102 Å². The van der Waals surface area contributed by atoms with E-state index in [-0.39, 0.29) is 25.7 Å². The lowest BCUT2D eigenvalue weighted by Gasteiger charge is -2.21. The van der Waals surface area contributed by atoms with Crippen molar-refractivity contribution in [1.82, 2.24) is 0 Å². The van der Waals surface area contributed by atoms with E-state index in [1.54, 1.807) is 0 Å². The van der Waals surface area contributed by atoms with Crippen molar-refractivity contribution < 1.29 is 80.2 Å². The van der Waals surface area contributed by atoms with Gasteiger partial charge in [-0.15, -0.1) is 0 Å². The SMILES string of the molecule is CCCCCCCCCCCC(=O)OC[C@H](COP(=O)(O)OC[C@H](O)COP(=O)(O)OC[C@@H](COC(=O)CCCCCCCCCCCCCCCCC(C)CC)OC(=O)CCCCCCCCCCCCCCCCC(C)CC)OC(=O)CCCCCCCCC(C)C. The summed E-state index contributed by atoms with van der Waals surface area (Å²) in [5, 5.41) is 10.6. The summed E-state index contributed by atoms with van der Waals surface area (Å²) in [7, 11) is -9.91. The maximum absolute atomic E-state index is 13.1. The van der Waals surface area contributed by atoms with E-state index in [2.05, 4.69) is 48.5 Å². The van der Waals surface area contributed by atoms with Gasteiger partial charge in [0.15, 0.2) is 12.2 Å². The first kappa shape index (κ1) is 92.1. The molecule has 17 nitrogen and oxygen atoms in total. The Morgan fingerprint density at radius 3 is 0.809 bits per heavy atom. The minimum absolute atomic E-state index is 0.102. The highest BCUT2D eigenvalue weighted by molar-refractivity contribution is 7.47. The van der Waals surface area contributed by atoms with Crippen molar-refractivity contribution in [2.75, 3.05) is 39.6 Å². The summed E-state index contributed by atoms with van der Waals surface area (Å²) in [6.07, 6.45) is 51.4. The lowest BCUT2D eigenvalue weighted by molar-refractivity contribution is -0.161. The Kier molecular flexibility index (Phi) is 64.3. The van der Waals surface area contributed by atoms with Crippen molar-refractivity contribution in [2.45, 2.75) is 401 Å². The van der Waals surface area contributed by atoms with E-state index in [1.807, 2.05) is 0 Å². The number of hydrogen-bond donors (Lipinski definition) is 3. The van der Waals surface area contributed by atoms with Crippen LogP contribution >= 0.6 is 15.6 Å². The average molecular weight is 1380 g/mol. The molecule has 3 N–H and O–H groups in total. The molecule has 0 amide bonds. The Morgan fingerprint density at radius 1 is 0.309 bits per heavy atom. The van der Waals surface area contributed by atoms with Crippen molar-refractivity contribution in [2.24, 2.45) is 17.8 Å². The van der Waals surface area contributed by atoms with Crippen LogP contribution in [0.15, 0.2) is 0 Å². The molecule has 0 fully saturated rings. The van der Waals surface area contributed by atoms with Crippen LogP contribution in [-0.2, 0) is 65.4 Å². The molecule has 19 heteroatoms. The van der Waals surface area contributed by atoms with Crippen molar-refractivity contribution in [3.05, 3.63) is 0 Å². The Balaban J connectivity index is 5.20. The summed E-state index contributed by atoms with van der Waals surface area (Å²) in [6, 6.07) is 0. The molecule has 0 aliphatic carbocycles. The van der Waals surface area contributed by atoms with Crippen molar-refractivity contribution in [3.63, 3.8) is 0 Å². The molecule has 7 atom stereocenters. The van der Waals surface area contributed by atoms with Gasteiger partial charge in [-0.3, -0.25) is 37.3 Å². The molecule has 0 radical (unpaired) electrons. The second kappa shape index (κ2) is 65.7. The molecule has 0 bridgehead atoms. The molecule has 0 aliphatic heterocycles. The summed E-state index contributed by atoms with van der Waals surface area (Å²) in [6.45, 7) is 11.9. The summed E-state index contributed by atoms with van der Waals surface area (Å²) in [5.41, 5.74) is 0. The minimum Gasteiger partial charge on any atom is -0.462 e. The molecule has 0 spiro atoms. The van der Waals surface area contributed by atoms with Gasteiger partial charge in [0.2, 0.25) is 0 Å². The molecule has 0 aromatic rings. The molecule has 0 aromatic carbocycles. The smallest absolute Gasteiger partial charge is 0.462 e. The minimum atomic E-state index is -4.96. The van der Waals surface area contributed by atoms with Crippen molar-refractivity contribution in [3.8, 4) is 0 Å². The van der Waals surface area contributed by atoms with Gasteiger partial charge < -0.3 is 33.8 Å². The van der Waals surface area contributed by atoms with Gasteiger partial charge in [-0.1, -0.05) is 331 Å². The van der Waals surface area contributed by atoms with Gasteiger partial charge in [0.25, 0.3) is 0 Å². The monoisotopic (exact) mass is 1380 g/mol. The van der Waals surface area contributed by atoms with Crippen LogP contribution in [0.1, 0.15) is 382 Å². The van der Waals surface area contributed by atoms with Gasteiger partial charge in [0.1, 0.15) is 19.3 Å². The van der Waals surface area contributed by atoms with Crippen LogP contribution in [-0.4, -0.2) is 96.7 Å². The highest BCUT2D eigenvalue weighted by Gasteiger charge is 2.30. The number of phosphoric acid groups is 2. The van der Waals surface area contributed by atoms with Crippen molar-refractivity contribution >= 4 is 39.5 Å². The van der Waals surface area contributed by atoms with Gasteiger partial charge in [-0.05, 0) is 43.4 Å². The second-order valence-electron chi connectivity index (χ2n) is 28.0. The Bertz CT molecular complexity index is 1840. The van der Waals surface area contributed by atoms with Crippen LogP contribution in [0, 0.1) is 17.8 Å². The normalized spacial score (nSPS) is 14.7. The Morgan fingerprint density at radius 2 is 0.543 bits per heavy atom. The number of ether oxygens (including phenoxy) is 4. The van der Waals surface area contributed by atoms with E-state index in [4.69, 9.17) is 37.0 Å². The van der Waals surface area contributed by atoms with E-state index < -0.39 is 97.5 Å². The van der Waals surface area contributed by atoms with Crippen LogP contribution in [0.4, 0.5) is 0 Å². The molecular formula is C75H146O17P2. The number of aliphatic hydroxyl groups is 1. The van der Waals surface area contributed by atoms with Crippen molar-refractivity contribution in [1.29, 1.82) is 0 Å². The largest absolute Gasteiger partial charge is 0.472 e. The average Bonchev–Trinajstić information content (AvgIpc) is 2.01. The fourth-order valence-corrected chi connectivity index (χ4v) is 12.9. The zero-order valence-corrected chi connectivity index (χ0v) is 63.2. The molecule has 0 saturated carbocycles. The van der Waals surface area contributed by atoms with Crippen LogP contribution in [0.3, 0.4) is 0 Å². The van der Waals surface area contributed by atoms with Crippen LogP contribution in [0.5, 0.6) is 0 Å². The Hall–Kier alpha value is -1.94. The van der Waals surface area contributed by atoms with E-state index >= 15 is 0 Å². The maximum Gasteiger partial charge on any atom is 0.472 e. The standard InChI is InChI=1S/C75H146O17P2/c1-8-11-12-13-14-27-34-42-49-56-72(77)85-63-71(92-75(80)59-52-45-38-37-39-46-53-66(4)5)65-90-94(83,84)88-61-69(76)60-87-93(81,82)89-64-70(91-74(79)58-51-44-36-31-26-22-18-16-20-24-29-33-41-48-55-68(7)10-3)62-86-73(78)57-50-43-35-30-25-21-17-15-19-23-28-32-40-47-54-67(6)9-2/h66-71,76H,8-65H2,1-7H3,(H,81,82)(H,83,84)/t67?,68?,69-,70-,71-/m1/s1. The predicted octanol–water partition coefficient (Wildman–Crippen LogP) is 21.8. The molecule has 0 saturated heterocycles. The highest BCUT2D eigenvalue weighted by atomic mass is 31.2. The number of carbonyl (C=O) groups excluding carboxylic acids is 4. The molecular weight excluding hydrogens is 1230 g/mol. The van der Waals surface area contributed by atoms with Gasteiger partial charge in [0, 0.05) is 25.7 Å². The molecule has 0 heterocycles. The molecule has 0 rings (SSSR count). The Labute approximate surface area is 575 Å². The van der Waals surface area contributed by atoms with Gasteiger partial charge in [-0.25, -0.2) is 9.13 Å². The predicted molar refractivity (Wildman–Crippen MR) is 381 cm³/mol. The summed E-state index contributed by atoms with van der Waals surface area (Å²) in [4.78, 5) is 72.6. The van der Waals surface area contributed by atoms with Gasteiger partial charge in [-0.2, -0.15) is 0 Å². The number of carbonyl (C=O) groups is 4. The molecule has 0 aromatic heterocycles. The third-order valence-corrected chi connectivity index (χ3v) is 20.0. The number of rotatable bonds is 73. The summed E-state index contributed by atoms with van der Waals surface area (Å²) in [5.74, 6) is 0.241. The quantitative estimate of drug-likeness (QED) is 0.0222. The topological polar surface area (TPSA) is 237 Å². The van der Waals surface area contributed by atoms with E-state index in [1.165, 1.54) is 193 Å². The molecule has 558 valence electrons. The first-order valence-corrected chi connectivity index (χ1v) is 41.9. The highest BCUT2D eigenvalue weighted by Crippen LogP contribution is 2.45. The van der Waals surface area contributed by atoms with Gasteiger partial charge >= 0.3 is 39.5 Å². The summed E-state index contributed by atoms with van der Waals surface area (Å²) >= 11 is 0. The first-order chi connectivity index (χ1) is 45.3. The summed E-state index contributed by atoms with van der Waals surface area (Å²) < 4.78 is 68.4. The molecule has 0 aliphatic rings. The second-order valence-corrected chi connectivity index (χ2v) is 30.9. The number of unbranched alkanes of at least 4 members (excludes halogenated alkanes) is 39. The van der Waals surface area contributed by atoms with Crippen LogP contribution in [0.25, 0.3) is 0 Å². The zero-order chi connectivity index (χ0) is 69.4. The number of aliphatic hydroxyl groups excluding tert-OH is 1. The van der Waals surface area contributed by atoms with Crippen LogP contribution in [0.2, 0.25) is 0 Å². The van der Waals surface area contributed by atoms with Crippen LogP contribution < -0.4 is 0 Å².